The summed E-state index contributed by atoms with van der Waals surface area (Å²) in [5.41, 5.74) is 2.09. The van der Waals surface area contributed by atoms with E-state index in [1.54, 1.807) is 0 Å². The molecule has 1 aliphatic heterocycles. The lowest BCUT2D eigenvalue weighted by Crippen LogP contribution is -2.45. The molecule has 2 fully saturated rings. The normalized spacial score (nSPS) is 21.9. The quantitative estimate of drug-likeness (QED) is 0.755. The van der Waals surface area contributed by atoms with Crippen LogP contribution in [0.25, 0.3) is 11.3 Å². The summed E-state index contributed by atoms with van der Waals surface area (Å²) < 4.78 is 46.0. The minimum absolute atomic E-state index is 0.0888. The fraction of sp³-hybridized carbons (Fsp3) is 0.650. The number of rotatable bonds is 4. The number of alkyl halides is 3. The zero-order valence-corrected chi connectivity index (χ0v) is 16.7. The van der Waals surface area contributed by atoms with Crippen molar-refractivity contribution in [2.75, 3.05) is 19.8 Å². The molecule has 1 aliphatic carbocycles. The first kappa shape index (κ1) is 20.3. The fourth-order valence-corrected chi connectivity index (χ4v) is 4.36. The minimum atomic E-state index is -4.55. The lowest BCUT2D eigenvalue weighted by atomic mass is 10.1. The summed E-state index contributed by atoms with van der Waals surface area (Å²) in [6, 6.07) is 2.71. The Morgan fingerprint density at radius 1 is 1.14 bits per heavy atom. The third-order valence-electron chi connectivity index (χ3n) is 5.76. The number of hydrogen-bond donors (Lipinski definition) is 0. The van der Waals surface area contributed by atoms with Gasteiger partial charge in [0.2, 0.25) is 5.82 Å². The molecule has 2 aromatic heterocycles. The van der Waals surface area contributed by atoms with Crippen molar-refractivity contribution in [2.24, 2.45) is 0 Å². The van der Waals surface area contributed by atoms with Crippen LogP contribution in [0.3, 0.4) is 0 Å². The molecule has 158 valence electrons. The third-order valence-corrected chi connectivity index (χ3v) is 5.76. The SMILES string of the molecule is CC(C)n1nc(-c2cnc(C(F)(F)F)nc2)cc1C1COCCN1C1CCCC1. The van der Waals surface area contributed by atoms with Gasteiger partial charge in [-0.1, -0.05) is 12.8 Å². The van der Waals surface area contributed by atoms with Crippen LogP contribution in [-0.4, -0.2) is 50.4 Å². The molecule has 1 unspecified atom stereocenters. The Bertz CT molecular complexity index is 828. The Labute approximate surface area is 168 Å². The summed E-state index contributed by atoms with van der Waals surface area (Å²) >= 11 is 0. The summed E-state index contributed by atoms with van der Waals surface area (Å²) in [6.07, 6.45) is 2.75. The molecule has 1 saturated carbocycles. The van der Waals surface area contributed by atoms with Crippen molar-refractivity contribution < 1.29 is 17.9 Å². The highest BCUT2D eigenvalue weighted by molar-refractivity contribution is 5.57. The van der Waals surface area contributed by atoms with Gasteiger partial charge in [-0.25, -0.2) is 9.97 Å². The molecular weight excluding hydrogens is 383 g/mol. The topological polar surface area (TPSA) is 56.1 Å². The maximum Gasteiger partial charge on any atom is 0.451 e. The predicted octanol–water partition coefficient (Wildman–Crippen LogP) is 4.26. The zero-order valence-electron chi connectivity index (χ0n) is 16.7. The van der Waals surface area contributed by atoms with E-state index in [4.69, 9.17) is 4.74 Å². The second-order valence-electron chi connectivity index (χ2n) is 8.05. The van der Waals surface area contributed by atoms with Gasteiger partial charge in [0.05, 0.1) is 30.6 Å². The van der Waals surface area contributed by atoms with Gasteiger partial charge in [-0.3, -0.25) is 9.58 Å². The molecule has 6 nitrogen and oxygen atoms in total. The monoisotopic (exact) mass is 409 g/mol. The predicted molar refractivity (Wildman–Crippen MR) is 101 cm³/mol. The lowest BCUT2D eigenvalue weighted by molar-refractivity contribution is -0.144. The van der Waals surface area contributed by atoms with Crippen LogP contribution < -0.4 is 0 Å². The molecule has 3 heterocycles. The molecule has 0 radical (unpaired) electrons. The summed E-state index contributed by atoms with van der Waals surface area (Å²) in [7, 11) is 0. The molecule has 2 aromatic rings. The molecule has 1 saturated heterocycles. The third kappa shape index (κ3) is 4.16. The molecule has 0 spiro atoms. The standard InChI is InChI=1S/C20H26F3N5O/c1-13(2)28-17(18-12-29-8-7-27(18)15-5-3-4-6-15)9-16(26-28)14-10-24-19(25-11-14)20(21,22)23/h9-11,13,15,18H,3-8,12H2,1-2H3. The first-order valence-electron chi connectivity index (χ1n) is 10.2. The number of halogens is 3. The number of nitrogens with zero attached hydrogens (tertiary/aromatic N) is 5. The summed E-state index contributed by atoms with van der Waals surface area (Å²) in [5, 5.41) is 4.68. The maximum atomic E-state index is 12.8. The molecule has 4 rings (SSSR count). The van der Waals surface area contributed by atoms with Crippen LogP contribution in [0.4, 0.5) is 13.2 Å². The maximum absolute atomic E-state index is 12.8. The second kappa shape index (κ2) is 8.02. The van der Waals surface area contributed by atoms with Crippen LogP contribution in [0, 0.1) is 0 Å². The molecule has 0 aromatic carbocycles. The number of ether oxygens (including phenoxy) is 1. The molecule has 0 amide bonds. The van der Waals surface area contributed by atoms with Gasteiger partial charge in [-0.05, 0) is 32.8 Å². The largest absolute Gasteiger partial charge is 0.451 e. The summed E-state index contributed by atoms with van der Waals surface area (Å²) in [5.74, 6) is -1.14. The highest BCUT2D eigenvalue weighted by Gasteiger charge is 2.36. The van der Waals surface area contributed by atoms with Crippen molar-refractivity contribution in [2.45, 2.75) is 63.8 Å². The molecule has 0 N–H and O–H groups in total. The van der Waals surface area contributed by atoms with Crippen LogP contribution in [0.15, 0.2) is 18.5 Å². The molecule has 29 heavy (non-hydrogen) atoms. The van der Waals surface area contributed by atoms with Crippen molar-refractivity contribution in [3.05, 3.63) is 30.0 Å². The van der Waals surface area contributed by atoms with Crippen LogP contribution in [0.5, 0.6) is 0 Å². The first-order valence-corrected chi connectivity index (χ1v) is 10.2. The highest BCUT2D eigenvalue weighted by atomic mass is 19.4. The van der Waals surface area contributed by atoms with E-state index in [0.717, 1.165) is 18.8 Å². The molecule has 0 bridgehead atoms. The van der Waals surface area contributed by atoms with Gasteiger partial charge in [-0.15, -0.1) is 0 Å². The van der Waals surface area contributed by atoms with Gasteiger partial charge in [0.1, 0.15) is 0 Å². The van der Waals surface area contributed by atoms with Crippen molar-refractivity contribution in [3.8, 4) is 11.3 Å². The molecular formula is C20H26F3N5O. The molecule has 9 heteroatoms. The Morgan fingerprint density at radius 2 is 1.83 bits per heavy atom. The van der Waals surface area contributed by atoms with Crippen LogP contribution >= 0.6 is 0 Å². The first-order chi connectivity index (χ1) is 13.8. The van der Waals surface area contributed by atoms with E-state index in [9.17, 15) is 13.2 Å². The van der Waals surface area contributed by atoms with Crippen molar-refractivity contribution in [1.29, 1.82) is 0 Å². The van der Waals surface area contributed by atoms with E-state index in [1.165, 1.54) is 38.1 Å². The number of hydrogen-bond acceptors (Lipinski definition) is 5. The van der Waals surface area contributed by atoms with E-state index in [0.29, 0.717) is 23.9 Å². The average Bonchev–Trinajstić information content (AvgIpc) is 3.37. The number of morpholine rings is 1. The Hall–Kier alpha value is -2.00. The number of aromatic nitrogens is 4. The van der Waals surface area contributed by atoms with E-state index < -0.39 is 12.0 Å². The summed E-state index contributed by atoms with van der Waals surface area (Å²) in [6.45, 7) is 6.30. The Morgan fingerprint density at radius 3 is 2.45 bits per heavy atom. The van der Waals surface area contributed by atoms with E-state index >= 15 is 0 Å². The van der Waals surface area contributed by atoms with E-state index in [1.807, 2.05) is 24.6 Å². The van der Waals surface area contributed by atoms with Gasteiger partial charge < -0.3 is 4.74 Å². The van der Waals surface area contributed by atoms with Gasteiger partial charge in [0.25, 0.3) is 0 Å². The minimum Gasteiger partial charge on any atom is -0.378 e. The van der Waals surface area contributed by atoms with Gasteiger partial charge in [0.15, 0.2) is 0 Å². The molecule has 2 aliphatic rings. The Balaban J connectivity index is 1.67. The lowest BCUT2D eigenvalue weighted by Gasteiger charge is -2.40. The van der Waals surface area contributed by atoms with Crippen LogP contribution in [0.2, 0.25) is 0 Å². The van der Waals surface area contributed by atoms with Gasteiger partial charge in [-0.2, -0.15) is 18.3 Å². The molecule has 1 atom stereocenters. The van der Waals surface area contributed by atoms with E-state index in [2.05, 4.69) is 20.0 Å². The van der Waals surface area contributed by atoms with Gasteiger partial charge in [0, 0.05) is 36.6 Å². The zero-order chi connectivity index (χ0) is 20.6. The van der Waals surface area contributed by atoms with Crippen molar-refractivity contribution in [3.63, 3.8) is 0 Å². The van der Waals surface area contributed by atoms with Crippen molar-refractivity contribution in [1.82, 2.24) is 24.6 Å². The van der Waals surface area contributed by atoms with Crippen LogP contribution in [0.1, 0.15) is 63.1 Å². The fourth-order valence-electron chi connectivity index (χ4n) is 4.36. The summed E-state index contributed by atoms with van der Waals surface area (Å²) in [4.78, 5) is 9.49. The van der Waals surface area contributed by atoms with Crippen LogP contribution in [-0.2, 0) is 10.9 Å². The second-order valence-corrected chi connectivity index (χ2v) is 8.05. The average molecular weight is 409 g/mol. The highest BCUT2D eigenvalue weighted by Crippen LogP contribution is 2.35. The van der Waals surface area contributed by atoms with E-state index in [-0.39, 0.29) is 12.1 Å². The Kier molecular flexibility index (Phi) is 5.61. The van der Waals surface area contributed by atoms with Crippen molar-refractivity contribution >= 4 is 0 Å². The smallest absolute Gasteiger partial charge is 0.378 e. The van der Waals surface area contributed by atoms with Gasteiger partial charge >= 0.3 is 6.18 Å².